The first-order valence-corrected chi connectivity index (χ1v) is 14.5. The molecule has 1 N–H and O–H groups in total. The number of nitrogens with zero attached hydrogens (tertiary/aromatic N) is 2. The van der Waals surface area contributed by atoms with Crippen molar-refractivity contribution in [1.29, 1.82) is 0 Å². The van der Waals surface area contributed by atoms with Gasteiger partial charge in [-0.25, -0.2) is 9.78 Å². The summed E-state index contributed by atoms with van der Waals surface area (Å²) < 4.78 is 16.8. The molecule has 4 aromatic rings. The van der Waals surface area contributed by atoms with E-state index in [0.717, 1.165) is 16.9 Å². The average Bonchev–Trinajstić information content (AvgIpc) is 3.52. The fraction of sp³-hybridized carbons (Fsp3) is 0.188. The van der Waals surface area contributed by atoms with E-state index in [2.05, 4.69) is 4.98 Å². The highest BCUT2D eigenvalue weighted by molar-refractivity contribution is 7.17. The molecule has 1 atom stereocenters. The van der Waals surface area contributed by atoms with Crippen molar-refractivity contribution in [2.24, 2.45) is 0 Å². The molecule has 0 spiro atoms. The predicted molar refractivity (Wildman–Crippen MR) is 163 cm³/mol. The molecule has 0 saturated carbocycles. The van der Waals surface area contributed by atoms with Crippen molar-refractivity contribution in [3.05, 3.63) is 111 Å². The molecule has 1 saturated heterocycles. The summed E-state index contributed by atoms with van der Waals surface area (Å²) in [6.07, 6.45) is 0. The molecule has 5 rings (SSSR count). The van der Waals surface area contributed by atoms with Gasteiger partial charge in [-0.2, -0.15) is 0 Å². The fourth-order valence-electron chi connectivity index (χ4n) is 4.69. The van der Waals surface area contributed by atoms with Crippen LogP contribution in [0.1, 0.15) is 45.0 Å². The summed E-state index contributed by atoms with van der Waals surface area (Å²) in [5, 5.41) is 11.9. The van der Waals surface area contributed by atoms with Crippen molar-refractivity contribution in [2.75, 3.05) is 18.6 Å². The number of carbonyl (C=O) groups is 3. The molecule has 43 heavy (non-hydrogen) atoms. The number of halogens is 1. The first-order valence-electron chi connectivity index (χ1n) is 13.3. The number of carbonyl (C=O) groups excluding carboxylic acids is 3. The number of methoxy groups -OCH3 is 1. The molecule has 220 valence electrons. The Morgan fingerprint density at radius 1 is 1.02 bits per heavy atom. The number of amides is 1. The highest BCUT2D eigenvalue weighted by Gasteiger charge is 2.48. The van der Waals surface area contributed by atoms with E-state index in [-0.39, 0.29) is 21.3 Å². The van der Waals surface area contributed by atoms with Gasteiger partial charge in [0.2, 0.25) is 0 Å². The molecule has 11 heteroatoms. The number of hydrogen-bond donors (Lipinski definition) is 1. The minimum Gasteiger partial charge on any atom is -0.507 e. The summed E-state index contributed by atoms with van der Waals surface area (Å²) in [4.78, 5) is 45.3. The Morgan fingerprint density at radius 3 is 2.42 bits per heavy atom. The average molecular weight is 619 g/mol. The van der Waals surface area contributed by atoms with Crippen molar-refractivity contribution in [3.63, 3.8) is 0 Å². The zero-order valence-electron chi connectivity index (χ0n) is 23.5. The van der Waals surface area contributed by atoms with Gasteiger partial charge in [0.05, 0.1) is 31.0 Å². The third-order valence-corrected chi connectivity index (χ3v) is 8.13. The van der Waals surface area contributed by atoms with Gasteiger partial charge in [-0.15, -0.1) is 0 Å². The van der Waals surface area contributed by atoms with Crippen LogP contribution in [0.15, 0.2) is 78.4 Å². The lowest BCUT2D eigenvalue weighted by Crippen LogP contribution is -2.29. The number of thiazole rings is 1. The van der Waals surface area contributed by atoms with E-state index in [1.165, 1.54) is 12.0 Å². The molecule has 0 bridgehead atoms. The Morgan fingerprint density at radius 2 is 1.74 bits per heavy atom. The van der Waals surface area contributed by atoms with Crippen molar-refractivity contribution in [2.45, 2.75) is 26.5 Å². The van der Waals surface area contributed by atoms with E-state index in [9.17, 15) is 19.5 Å². The maximum atomic E-state index is 13.6. The largest absolute Gasteiger partial charge is 0.507 e. The number of aliphatic hydroxyl groups excluding tert-OH is 1. The Hall–Kier alpha value is -4.67. The van der Waals surface area contributed by atoms with E-state index in [0.29, 0.717) is 46.6 Å². The zero-order chi connectivity index (χ0) is 30.7. The molecule has 3 aromatic carbocycles. The molecule has 0 radical (unpaired) electrons. The smallest absolute Gasteiger partial charge is 0.350 e. The number of esters is 1. The van der Waals surface area contributed by atoms with Gasteiger partial charge in [-0.05, 0) is 61.4 Å². The lowest BCUT2D eigenvalue weighted by molar-refractivity contribution is -0.132. The molecular formula is C32H27ClN2O7S. The van der Waals surface area contributed by atoms with Crippen LogP contribution in [-0.4, -0.2) is 41.5 Å². The zero-order valence-corrected chi connectivity index (χ0v) is 25.1. The minimum atomic E-state index is -1.10. The van der Waals surface area contributed by atoms with Gasteiger partial charge in [0, 0.05) is 10.6 Å². The van der Waals surface area contributed by atoms with E-state index in [1.54, 1.807) is 49.4 Å². The predicted octanol–water partition coefficient (Wildman–Crippen LogP) is 6.50. The van der Waals surface area contributed by atoms with Crippen LogP contribution in [0.5, 0.6) is 11.5 Å². The molecule has 1 fully saturated rings. The molecule has 1 unspecified atom stereocenters. The Kier molecular flexibility index (Phi) is 8.79. The number of hydrogen-bond acceptors (Lipinski definition) is 9. The first kappa shape index (κ1) is 29.8. The quantitative estimate of drug-likeness (QED) is 0.0979. The van der Waals surface area contributed by atoms with Gasteiger partial charge in [0.1, 0.15) is 17.2 Å². The second-order valence-corrected chi connectivity index (χ2v) is 10.9. The maximum absolute atomic E-state index is 13.6. The lowest BCUT2D eigenvalue weighted by Gasteiger charge is -2.24. The van der Waals surface area contributed by atoms with Crippen LogP contribution in [0.4, 0.5) is 5.13 Å². The second kappa shape index (κ2) is 12.7. The van der Waals surface area contributed by atoms with Gasteiger partial charge in [-0.1, -0.05) is 59.3 Å². The minimum absolute atomic E-state index is 0.0996. The number of aromatic nitrogens is 1. The van der Waals surface area contributed by atoms with Crippen LogP contribution in [0.25, 0.3) is 5.76 Å². The number of aryl methyl sites for hydroxylation is 1. The van der Waals surface area contributed by atoms with Gasteiger partial charge in [-0.3, -0.25) is 14.5 Å². The highest BCUT2D eigenvalue weighted by Crippen LogP contribution is 2.45. The van der Waals surface area contributed by atoms with Crippen LogP contribution in [-0.2, 0) is 20.9 Å². The Balaban J connectivity index is 1.65. The van der Waals surface area contributed by atoms with Crippen LogP contribution in [0.3, 0.4) is 0 Å². The Bertz CT molecular complexity index is 1720. The maximum Gasteiger partial charge on any atom is 0.350 e. The molecular weight excluding hydrogens is 592 g/mol. The Labute approximate surface area is 256 Å². The SMILES string of the molecule is CCOc1cc(C2/C(=C(\O)c3ccc(Cl)cc3)C(=O)C(=O)N2c2nc(C)c(C(=O)OC)s2)ccc1OCc1ccccc1. The third kappa shape index (κ3) is 5.97. The van der Waals surface area contributed by atoms with Gasteiger partial charge >= 0.3 is 11.9 Å². The normalized spacial score (nSPS) is 15.9. The number of ether oxygens (including phenoxy) is 3. The number of Topliss-reactive ketones (excluding diaryl/α,β-unsaturated/α-hetero) is 1. The second-order valence-electron chi connectivity index (χ2n) is 9.49. The molecule has 1 amide bonds. The summed E-state index contributed by atoms with van der Waals surface area (Å²) >= 11 is 6.96. The summed E-state index contributed by atoms with van der Waals surface area (Å²) in [5.74, 6) is -1.97. The highest BCUT2D eigenvalue weighted by atomic mass is 35.5. The molecule has 1 aromatic heterocycles. The van der Waals surface area contributed by atoms with Crippen LogP contribution in [0.2, 0.25) is 5.02 Å². The van der Waals surface area contributed by atoms with E-state index in [1.807, 2.05) is 37.3 Å². The van der Waals surface area contributed by atoms with Crippen molar-refractivity contribution < 1.29 is 33.7 Å². The lowest BCUT2D eigenvalue weighted by atomic mass is 9.95. The van der Waals surface area contributed by atoms with Gasteiger partial charge in [0.25, 0.3) is 5.78 Å². The summed E-state index contributed by atoms with van der Waals surface area (Å²) in [6.45, 7) is 4.05. The molecule has 9 nitrogen and oxygen atoms in total. The van der Waals surface area contributed by atoms with Gasteiger partial charge < -0.3 is 19.3 Å². The standard InChI is InChI=1S/C32H27ClN2O7S/c1-4-41-24-16-21(12-15-23(24)42-17-19-8-6-5-7-9-19)26-25(27(36)20-10-13-22(33)14-11-20)28(37)30(38)35(26)32-34-18(2)29(43-32)31(39)40-3/h5-16,26,36H,4,17H2,1-3H3/b27-25+. The number of aliphatic hydroxyl groups is 1. The van der Waals surface area contributed by atoms with E-state index >= 15 is 0 Å². The molecule has 1 aliphatic rings. The van der Waals surface area contributed by atoms with Crippen molar-refractivity contribution >= 4 is 51.5 Å². The molecule has 2 heterocycles. The van der Waals surface area contributed by atoms with E-state index in [4.69, 9.17) is 25.8 Å². The number of rotatable bonds is 9. The number of ketones is 1. The monoisotopic (exact) mass is 618 g/mol. The van der Waals surface area contributed by atoms with Crippen molar-refractivity contribution in [3.8, 4) is 11.5 Å². The topological polar surface area (TPSA) is 115 Å². The summed E-state index contributed by atoms with van der Waals surface area (Å²) in [7, 11) is 1.25. The summed E-state index contributed by atoms with van der Waals surface area (Å²) in [5.41, 5.74) is 1.90. The summed E-state index contributed by atoms with van der Waals surface area (Å²) in [6, 6.07) is 19.8. The fourth-order valence-corrected chi connectivity index (χ4v) is 5.83. The number of anilines is 1. The third-order valence-electron chi connectivity index (χ3n) is 6.74. The molecule has 1 aliphatic heterocycles. The van der Waals surface area contributed by atoms with E-state index < -0.39 is 23.7 Å². The van der Waals surface area contributed by atoms with Crippen molar-refractivity contribution in [1.82, 2.24) is 4.98 Å². The number of benzene rings is 3. The first-order chi connectivity index (χ1) is 20.7. The molecule has 0 aliphatic carbocycles. The van der Waals surface area contributed by atoms with Crippen LogP contribution in [0, 0.1) is 6.92 Å². The van der Waals surface area contributed by atoms with Gasteiger partial charge in [0.15, 0.2) is 16.6 Å². The van der Waals surface area contributed by atoms with Crippen LogP contribution < -0.4 is 14.4 Å². The van der Waals surface area contributed by atoms with Crippen LogP contribution >= 0.6 is 22.9 Å².